The van der Waals surface area contributed by atoms with E-state index in [1.807, 2.05) is 0 Å². The molecule has 0 aliphatic carbocycles. The molecule has 3 rings (SSSR count). The van der Waals surface area contributed by atoms with Crippen LogP contribution < -0.4 is 0 Å². The molecule has 3 aromatic carbocycles. The van der Waals surface area contributed by atoms with Gasteiger partial charge in [0.2, 0.25) is 0 Å². The third-order valence-corrected chi connectivity index (χ3v) is 6.93. The smallest absolute Gasteiger partial charge is 0.0516 e. The van der Waals surface area contributed by atoms with E-state index in [9.17, 15) is 0 Å². The lowest BCUT2D eigenvalue weighted by atomic mass is 9.91. The molecule has 30 heavy (non-hydrogen) atoms. The molecule has 0 aromatic heterocycles. The fourth-order valence-electron chi connectivity index (χ4n) is 3.97. The van der Waals surface area contributed by atoms with Crippen LogP contribution in [-0.4, -0.2) is 0 Å². The van der Waals surface area contributed by atoms with Gasteiger partial charge in [-0.2, -0.15) is 0 Å². The third kappa shape index (κ3) is 5.29. The Kier molecular flexibility index (Phi) is 7.66. The van der Waals surface area contributed by atoms with Gasteiger partial charge in [0.05, 0.1) is 5.02 Å². The van der Waals surface area contributed by atoms with Crippen LogP contribution in [0.3, 0.4) is 0 Å². The molecule has 0 saturated heterocycles. The van der Waals surface area contributed by atoms with Gasteiger partial charge in [-0.15, -0.1) is 0 Å². The number of hydrogen-bond acceptors (Lipinski definition) is 0. The van der Waals surface area contributed by atoms with Gasteiger partial charge in [-0.3, -0.25) is 0 Å². The molecule has 0 unspecified atom stereocenters. The van der Waals surface area contributed by atoms with Crippen molar-refractivity contribution in [3.63, 3.8) is 0 Å². The molecule has 0 aliphatic rings. The summed E-state index contributed by atoms with van der Waals surface area (Å²) >= 11 is 13.4. The van der Waals surface area contributed by atoms with Crippen LogP contribution >= 0.6 is 23.2 Å². The number of aryl methyl sites for hydroxylation is 5. The fourth-order valence-corrected chi connectivity index (χ4v) is 4.61. The van der Waals surface area contributed by atoms with E-state index in [1.165, 1.54) is 38.9 Å². The average Bonchev–Trinajstić information content (AvgIpc) is 2.70. The highest BCUT2D eigenvalue weighted by atomic mass is 35.5. The van der Waals surface area contributed by atoms with Gasteiger partial charge in [-0.05, 0) is 97.4 Å². The monoisotopic (exact) mass is 438 g/mol. The molecule has 0 aliphatic heterocycles. The van der Waals surface area contributed by atoms with Gasteiger partial charge >= 0.3 is 0 Å². The van der Waals surface area contributed by atoms with E-state index in [1.54, 1.807) is 0 Å². The minimum absolute atomic E-state index is 0.673. The van der Waals surface area contributed by atoms with Gasteiger partial charge in [0, 0.05) is 10.6 Å². The number of rotatable bonds is 7. The van der Waals surface area contributed by atoms with E-state index < -0.39 is 0 Å². The summed E-state index contributed by atoms with van der Waals surface area (Å²) in [5.74, 6) is 0.673. The average molecular weight is 439 g/mol. The van der Waals surface area contributed by atoms with E-state index in [2.05, 4.69) is 83.1 Å². The Bertz CT molecular complexity index is 1030. The molecule has 158 valence electrons. The van der Waals surface area contributed by atoms with Crippen molar-refractivity contribution in [2.75, 3.05) is 0 Å². The summed E-state index contributed by atoms with van der Waals surface area (Å²) in [5, 5.41) is 1.77. The van der Waals surface area contributed by atoms with Crippen LogP contribution in [0, 0.1) is 26.7 Å². The Morgan fingerprint density at radius 1 is 0.700 bits per heavy atom. The molecule has 0 heterocycles. The van der Waals surface area contributed by atoms with E-state index in [0.717, 1.165) is 41.3 Å². The number of hydrogen-bond donors (Lipinski definition) is 0. The van der Waals surface area contributed by atoms with Crippen LogP contribution in [0.1, 0.15) is 53.6 Å². The van der Waals surface area contributed by atoms with Crippen LogP contribution in [0.25, 0.3) is 11.1 Å². The molecule has 0 saturated carbocycles. The van der Waals surface area contributed by atoms with Crippen molar-refractivity contribution in [3.05, 3.63) is 92.0 Å². The summed E-state index contributed by atoms with van der Waals surface area (Å²) in [6.07, 6.45) is 4.08. The van der Waals surface area contributed by atoms with Gasteiger partial charge in [0.25, 0.3) is 0 Å². The van der Waals surface area contributed by atoms with Gasteiger partial charge in [-0.1, -0.05) is 79.5 Å². The normalized spacial score (nSPS) is 11.3. The van der Waals surface area contributed by atoms with E-state index in [4.69, 9.17) is 23.2 Å². The highest BCUT2D eigenvalue weighted by Gasteiger charge is 2.13. The summed E-state index contributed by atoms with van der Waals surface area (Å²) < 4.78 is 0. The second-order valence-corrected chi connectivity index (χ2v) is 9.61. The lowest BCUT2D eigenvalue weighted by molar-refractivity contribution is 0.587. The fraction of sp³-hybridized carbons (Fsp3) is 0.357. The lowest BCUT2D eigenvalue weighted by Crippen LogP contribution is -1.99. The molecule has 0 fully saturated rings. The SMILES string of the molecule is Cc1cc(Cl)c(CCc2cccc(-c3cccc(CCC(C)C)c3Cl)c2C)cc1C. The predicted molar refractivity (Wildman–Crippen MR) is 133 cm³/mol. The second-order valence-electron chi connectivity index (χ2n) is 8.83. The van der Waals surface area contributed by atoms with Crippen LogP contribution in [-0.2, 0) is 19.3 Å². The van der Waals surface area contributed by atoms with Crippen molar-refractivity contribution < 1.29 is 0 Å². The van der Waals surface area contributed by atoms with E-state index in [0.29, 0.717) is 5.92 Å². The maximum atomic E-state index is 6.86. The molecule has 0 atom stereocenters. The Morgan fingerprint density at radius 2 is 1.30 bits per heavy atom. The Labute approximate surface area is 192 Å². The summed E-state index contributed by atoms with van der Waals surface area (Å²) in [4.78, 5) is 0. The molecular formula is C28H32Cl2. The molecule has 0 spiro atoms. The topological polar surface area (TPSA) is 0 Å². The highest BCUT2D eigenvalue weighted by Crippen LogP contribution is 2.35. The zero-order valence-corrected chi connectivity index (χ0v) is 20.3. The summed E-state index contributed by atoms with van der Waals surface area (Å²) in [7, 11) is 0. The number of benzene rings is 3. The zero-order chi connectivity index (χ0) is 21.8. The van der Waals surface area contributed by atoms with Crippen molar-refractivity contribution in [2.45, 2.75) is 60.3 Å². The lowest BCUT2D eigenvalue weighted by Gasteiger charge is -2.16. The van der Waals surface area contributed by atoms with Gasteiger partial charge in [0.1, 0.15) is 0 Å². The quantitative estimate of drug-likeness (QED) is 0.345. The van der Waals surface area contributed by atoms with Gasteiger partial charge in [-0.25, -0.2) is 0 Å². The molecule has 2 heteroatoms. The second kappa shape index (κ2) is 10.0. The molecule has 0 N–H and O–H groups in total. The van der Waals surface area contributed by atoms with Gasteiger partial charge < -0.3 is 0 Å². The van der Waals surface area contributed by atoms with Crippen LogP contribution in [0.2, 0.25) is 10.0 Å². The highest BCUT2D eigenvalue weighted by molar-refractivity contribution is 6.34. The van der Waals surface area contributed by atoms with Crippen molar-refractivity contribution in [1.82, 2.24) is 0 Å². The minimum atomic E-state index is 0.673. The van der Waals surface area contributed by atoms with Crippen molar-refractivity contribution in [2.24, 2.45) is 5.92 Å². The predicted octanol–water partition coefficient (Wildman–Crippen LogP) is 8.96. The Hall–Kier alpha value is -1.76. The standard InChI is InChI=1S/C28H32Cl2/c1-18(2)12-13-23-9-7-11-26(28(23)30)25-10-6-8-22(21(25)5)14-15-24-16-19(3)20(4)17-27(24)29/h6-11,16-18H,12-15H2,1-5H3. The largest absolute Gasteiger partial charge is 0.0840 e. The van der Waals surface area contributed by atoms with Crippen molar-refractivity contribution in [3.8, 4) is 11.1 Å². The first-order valence-corrected chi connectivity index (χ1v) is 11.7. The van der Waals surface area contributed by atoms with E-state index in [-0.39, 0.29) is 0 Å². The molecular weight excluding hydrogens is 407 g/mol. The molecule has 0 radical (unpaired) electrons. The summed E-state index contributed by atoms with van der Waals surface area (Å²) in [5.41, 5.74) is 10.0. The first kappa shape index (κ1) is 22.9. The van der Waals surface area contributed by atoms with Crippen molar-refractivity contribution in [1.29, 1.82) is 0 Å². The summed E-state index contributed by atoms with van der Waals surface area (Å²) in [6.45, 7) is 11.0. The molecule has 3 aromatic rings. The maximum absolute atomic E-state index is 6.86. The molecule has 0 nitrogen and oxygen atoms in total. The van der Waals surface area contributed by atoms with Crippen LogP contribution in [0.4, 0.5) is 0 Å². The Balaban J connectivity index is 1.87. The zero-order valence-electron chi connectivity index (χ0n) is 18.8. The number of halogens is 2. The summed E-state index contributed by atoms with van der Waals surface area (Å²) in [6, 6.07) is 17.3. The first-order valence-electron chi connectivity index (χ1n) is 10.9. The van der Waals surface area contributed by atoms with Crippen LogP contribution in [0.15, 0.2) is 48.5 Å². The first-order chi connectivity index (χ1) is 14.3. The van der Waals surface area contributed by atoms with Crippen molar-refractivity contribution >= 4 is 23.2 Å². The molecule has 0 amide bonds. The van der Waals surface area contributed by atoms with Gasteiger partial charge in [0.15, 0.2) is 0 Å². The minimum Gasteiger partial charge on any atom is -0.0840 e. The Morgan fingerprint density at radius 3 is 2.00 bits per heavy atom. The maximum Gasteiger partial charge on any atom is 0.0516 e. The van der Waals surface area contributed by atoms with E-state index >= 15 is 0 Å². The molecule has 0 bridgehead atoms. The third-order valence-electron chi connectivity index (χ3n) is 6.13. The van der Waals surface area contributed by atoms with Crippen LogP contribution in [0.5, 0.6) is 0 Å².